The van der Waals surface area contributed by atoms with Crippen LogP contribution in [-0.2, 0) is 49.6 Å². The van der Waals surface area contributed by atoms with Crippen molar-refractivity contribution in [3.05, 3.63) is 23.8 Å². The van der Waals surface area contributed by atoms with Gasteiger partial charge in [0.2, 0.25) is 53.2 Å². The predicted octanol–water partition coefficient (Wildman–Crippen LogP) is -3.74. The molecule has 7 unspecified atom stereocenters. The number of thioether (sulfide) groups is 1. The summed E-state index contributed by atoms with van der Waals surface area (Å²) in [6.45, 7) is 3.16. The number of amides is 9. The van der Waals surface area contributed by atoms with Gasteiger partial charge in [0.05, 0.1) is 55.5 Å². The van der Waals surface area contributed by atoms with Crippen molar-refractivity contribution in [3.8, 4) is 5.75 Å². The van der Waals surface area contributed by atoms with Crippen LogP contribution in [0.15, 0.2) is 23.2 Å². The van der Waals surface area contributed by atoms with Gasteiger partial charge in [-0.2, -0.15) is 0 Å². The van der Waals surface area contributed by atoms with Crippen molar-refractivity contribution in [2.75, 3.05) is 45.1 Å². The Bertz CT molecular complexity index is 2250. The van der Waals surface area contributed by atoms with E-state index in [0.29, 0.717) is 46.8 Å². The number of nitrogens with two attached hydrogens (primary N) is 2. The van der Waals surface area contributed by atoms with Gasteiger partial charge < -0.3 is 78.6 Å². The van der Waals surface area contributed by atoms with E-state index in [2.05, 4.69) is 42.2 Å². The number of aliphatic hydroxyl groups is 3. The molecule has 0 aliphatic carbocycles. The van der Waals surface area contributed by atoms with Gasteiger partial charge in [-0.05, 0) is 43.0 Å². The number of unbranched alkanes of at least 4 members (excludes halogenated alkanes) is 3. The minimum atomic E-state index is -1.74. The summed E-state index contributed by atoms with van der Waals surface area (Å²) in [5.41, 5.74) is 12.1. The summed E-state index contributed by atoms with van der Waals surface area (Å²) >= 11 is 1.01. The zero-order valence-corrected chi connectivity index (χ0v) is 40.4. The molecule has 1 saturated heterocycles. The van der Waals surface area contributed by atoms with E-state index >= 15 is 0 Å². The molecule has 70 heavy (non-hydrogen) atoms. The van der Waals surface area contributed by atoms with Crippen LogP contribution in [-0.4, -0.2) is 172 Å². The molecule has 0 saturated carbocycles. The highest BCUT2D eigenvalue weighted by molar-refractivity contribution is 7.99. The van der Waals surface area contributed by atoms with Crippen molar-refractivity contribution in [1.29, 1.82) is 0 Å². The number of aromatic amines is 1. The minimum absolute atomic E-state index is 0.282. The van der Waals surface area contributed by atoms with Crippen LogP contribution in [0.5, 0.6) is 5.75 Å². The first kappa shape index (κ1) is 54.9. The summed E-state index contributed by atoms with van der Waals surface area (Å²) in [7, 11) is 0. The van der Waals surface area contributed by atoms with Crippen molar-refractivity contribution in [1.82, 2.24) is 47.1 Å². The smallest absolute Gasteiger partial charge is 0.246 e. The molecular weight excluding hydrogens is 935 g/mol. The van der Waals surface area contributed by atoms with Crippen LogP contribution in [0.3, 0.4) is 0 Å². The number of nitrogens with zero attached hydrogens (tertiary/aromatic N) is 1. The lowest BCUT2D eigenvalue weighted by Crippen LogP contribution is -2.62. The number of fused-ring (bicyclic) bond motifs is 5. The fourth-order valence-electron chi connectivity index (χ4n) is 8.43. The first-order valence-electron chi connectivity index (χ1n) is 23.6. The van der Waals surface area contributed by atoms with Crippen LogP contribution >= 0.6 is 11.8 Å². The molecule has 1 fully saturated rings. The van der Waals surface area contributed by atoms with Gasteiger partial charge in [0.25, 0.3) is 0 Å². The Labute approximate surface area is 408 Å². The highest BCUT2D eigenvalue weighted by Gasteiger charge is 2.45. The van der Waals surface area contributed by atoms with Gasteiger partial charge in [0.1, 0.15) is 42.0 Å². The number of aromatic nitrogens is 1. The highest BCUT2D eigenvalue weighted by Crippen LogP contribution is 2.34. The fraction of sp³-hybridized carbons (Fsp3) is 0.622. The zero-order valence-electron chi connectivity index (χ0n) is 39.5. The van der Waals surface area contributed by atoms with E-state index < -0.39 is 146 Å². The van der Waals surface area contributed by atoms with E-state index in [1.54, 1.807) is 32.0 Å². The summed E-state index contributed by atoms with van der Waals surface area (Å²) < 4.78 is 6.05. The molecule has 25 heteroatoms. The topological polar surface area (TPSA) is 379 Å². The van der Waals surface area contributed by atoms with Gasteiger partial charge >= 0.3 is 0 Å². The number of rotatable bonds is 14. The second kappa shape index (κ2) is 25.7. The average molecular weight is 1000 g/mol. The highest BCUT2D eigenvalue weighted by atomic mass is 32.2. The predicted molar refractivity (Wildman–Crippen MR) is 253 cm³/mol. The summed E-state index contributed by atoms with van der Waals surface area (Å²) in [6.07, 6.45) is -0.443. The first-order chi connectivity index (χ1) is 33.3. The molecule has 5 rings (SSSR count). The van der Waals surface area contributed by atoms with Crippen LogP contribution in [0.4, 0.5) is 0 Å². The third kappa shape index (κ3) is 14.5. The number of H-pyrrole nitrogens is 1. The summed E-state index contributed by atoms with van der Waals surface area (Å²) in [5, 5.41) is 50.3. The maximum atomic E-state index is 14.6. The Kier molecular flexibility index (Phi) is 20.2. The van der Waals surface area contributed by atoms with E-state index in [-0.39, 0.29) is 18.6 Å². The van der Waals surface area contributed by atoms with E-state index in [1.807, 2.05) is 0 Å². The first-order valence-corrected chi connectivity index (χ1v) is 24.5. The van der Waals surface area contributed by atoms with Crippen LogP contribution < -0.4 is 53.4 Å². The number of carbonyl (C=O) groups excluding carboxylic acids is 9. The number of hydrogen-bond donors (Lipinski definition) is 13. The minimum Gasteiger partial charge on any atom is -0.494 e. The standard InChI is InChI=1S/C45H67N11O13S/c1-4-22(2)37-42(66)49-17-35(61)50-31-21-70-44-27(26-10-9-25(14-28(26)53-44)69-12-8-6-5-7-11-46)15-29(39(63)48-18-36(62)54-37)51-43(67)38(23(3)33(59)20-57)55-41(65)32-13-24(58)19-56(32)45(68)30(16-34(47)60)52-40(31)64/h9-10,14,22-24,29-33,37-38,53,57-59H,4-8,11-13,15-21,46H2,1-3H3,(H2,47,60)(H,48,63)(H,49,66)(H,50,61)(H,51,67)(H,52,64)(H,54,62)(H,55,65)/t22-,23-,24?,29?,30?,31?,32?,33?,37?,38-/m0/s1. The third-order valence-corrected chi connectivity index (χ3v) is 13.9. The maximum absolute atomic E-state index is 14.6. The molecule has 3 aliphatic heterocycles. The molecule has 2 bridgehead atoms. The number of aliphatic hydroxyl groups excluding tert-OH is 3. The van der Waals surface area contributed by atoms with Gasteiger partial charge in [-0.15, -0.1) is 11.8 Å². The lowest BCUT2D eigenvalue weighted by Gasteiger charge is -2.32. The second-order valence-electron chi connectivity index (χ2n) is 18.0. The molecule has 0 spiro atoms. The van der Waals surface area contributed by atoms with Crippen LogP contribution in [0.25, 0.3) is 10.9 Å². The lowest BCUT2D eigenvalue weighted by atomic mass is 9.93. The van der Waals surface area contributed by atoms with E-state index in [4.69, 9.17) is 16.2 Å². The van der Waals surface area contributed by atoms with Crippen molar-refractivity contribution < 1.29 is 63.2 Å². The maximum Gasteiger partial charge on any atom is 0.246 e. The lowest BCUT2D eigenvalue weighted by molar-refractivity contribution is -0.144. The Morgan fingerprint density at radius 1 is 0.857 bits per heavy atom. The normalized spacial score (nSPS) is 26.0. The number of ether oxygens (including phenoxy) is 1. The summed E-state index contributed by atoms with van der Waals surface area (Å²) in [5.74, 6) is -9.85. The molecule has 386 valence electrons. The zero-order chi connectivity index (χ0) is 51.2. The number of hydrogen-bond acceptors (Lipinski definition) is 15. The number of benzene rings is 1. The average Bonchev–Trinajstić information content (AvgIpc) is 3.89. The van der Waals surface area contributed by atoms with Gasteiger partial charge in [0, 0.05) is 42.5 Å². The SMILES string of the molecule is CC[C@H](C)C1NC(=O)CNC(=O)C2Cc3c([nH]c4cc(OCCCCCCN)ccc34)SCC(NC(=O)CNC1=O)C(=O)NC(CC(N)=O)C(=O)N1CC(O)CC1C(=O)N[C@@H]([C@@H](C)C(O)CO)C(=O)N2. The van der Waals surface area contributed by atoms with Gasteiger partial charge in [-0.25, -0.2) is 0 Å². The fourth-order valence-corrected chi connectivity index (χ4v) is 9.55. The summed E-state index contributed by atoms with van der Waals surface area (Å²) in [6, 6.07) is -4.05. The van der Waals surface area contributed by atoms with Crippen LogP contribution in [0, 0.1) is 11.8 Å². The molecule has 10 atom stereocenters. The van der Waals surface area contributed by atoms with E-state index in [0.717, 1.165) is 42.3 Å². The summed E-state index contributed by atoms with van der Waals surface area (Å²) in [4.78, 5) is 129. The Hall–Kier alpha value is -6.02. The molecule has 3 aliphatic rings. The number of nitrogens with one attached hydrogen (secondary N) is 8. The van der Waals surface area contributed by atoms with Crippen LogP contribution in [0.1, 0.15) is 71.3 Å². The number of primary amides is 1. The Morgan fingerprint density at radius 2 is 1.56 bits per heavy atom. The molecule has 1 aromatic carbocycles. The quantitative estimate of drug-likeness (QED) is 0.0809. The monoisotopic (exact) mass is 1000 g/mol. The van der Waals surface area contributed by atoms with Crippen molar-refractivity contribution in [3.63, 3.8) is 0 Å². The Morgan fingerprint density at radius 3 is 2.24 bits per heavy atom. The third-order valence-electron chi connectivity index (χ3n) is 12.7. The number of carbonyl (C=O) groups is 9. The molecule has 9 amide bonds. The van der Waals surface area contributed by atoms with Crippen molar-refractivity contribution in [2.45, 2.75) is 126 Å². The van der Waals surface area contributed by atoms with Gasteiger partial charge in [-0.3, -0.25) is 43.2 Å². The molecular formula is C45H67N11O13S. The van der Waals surface area contributed by atoms with E-state index in [1.165, 1.54) is 6.92 Å². The molecule has 0 radical (unpaired) electrons. The second-order valence-corrected chi connectivity index (χ2v) is 19.0. The molecule has 1 aromatic heterocycles. The van der Waals surface area contributed by atoms with Crippen molar-refractivity contribution in [2.24, 2.45) is 23.3 Å². The molecule has 15 N–H and O–H groups in total. The molecule has 2 aromatic rings. The van der Waals surface area contributed by atoms with E-state index in [9.17, 15) is 58.5 Å². The molecule has 24 nitrogen and oxygen atoms in total. The van der Waals surface area contributed by atoms with Crippen molar-refractivity contribution >= 4 is 75.8 Å². The largest absolute Gasteiger partial charge is 0.494 e. The molecule has 4 heterocycles. The van der Waals surface area contributed by atoms with Gasteiger partial charge in [-0.1, -0.05) is 40.0 Å². The Balaban J connectivity index is 1.69. The van der Waals surface area contributed by atoms with Crippen LogP contribution in [0.2, 0.25) is 0 Å². The van der Waals surface area contributed by atoms with Gasteiger partial charge in [0.15, 0.2) is 0 Å².